The van der Waals surface area contributed by atoms with Crippen molar-refractivity contribution in [1.82, 2.24) is 0 Å². The lowest BCUT2D eigenvalue weighted by Gasteiger charge is -2.26. The summed E-state index contributed by atoms with van der Waals surface area (Å²) in [5.74, 6) is 1.35. The normalized spacial score (nSPS) is 18.6. The van der Waals surface area contributed by atoms with Crippen LogP contribution < -0.4 is 4.74 Å². The van der Waals surface area contributed by atoms with Crippen LogP contribution in [0.25, 0.3) is 0 Å². The van der Waals surface area contributed by atoms with E-state index < -0.39 is 0 Å². The number of rotatable bonds is 5. The third-order valence-corrected chi connectivity index (χ3v) is 3.79. The van der Waals surface area contributed by atoms with Crippen molar-refractivity contribution in [3.63, 3.8) is 0 Å². The first-order valence-corrected chi connectivity index (χ1v) is 7.22. The molecule has 1 aromatic rings. The van der Waals surface area contributed by atoms with Gasteiger partial charge >= 0.3 is 0 Å². The minimum Gasteiger partial charge on any atom is -0.494 e. The topological polar surface area (TPSA) is 29.5 Å². The molecular weight excluding hydrogens is 224 g/mol. The van der Waals surface area contributed by atoms with Crippen LogP contribution in [-0.2, 0) is 0 Å². The first-order chi connectivity index (χ1) is 8.81. The van der Waals surface area contributed by atoms with Gasteiger partial charge in [0.25, 0.3) is 0 Å². The molecule has 0 heterocycles. The van der Waals surface area contributed by atoms with Gasteiger partial charge in [0.1, 0.15) is 5.75 Å². The van der Waals surface area contributed by atoms with Crippen LogP contribution in [0.1, 0.15) is 57.1 Å². The van der Waals surface area contributed by atoms with Crippen molar-refractivity contribution in [3.05, 3.63) is 29.8 Å². The molecule has 0 amide bonds. The van der Waals surface area contributed by atoms with Gasteiger partial charge in [-0.2, -0.15) is 0 Å². The second-order valence-electron chi connectivity index (χ2n) is 5.26. The summed E-state index contributed by atoms with van der Waals surface area (Å²) in [6.45, 7) is 2.85. The number of hydrogen-bond donors (Lipinski definition) is 1. The third kappa shape index (κ3) is 3.49. The van der Waals surface area contributed by atoms with Gasteiger partial charge in [-0.3, -0.25) is 0 Å². The molecular formula is C16H24O2. The van der Waals surface area contributed by atoms with Gasteiger partial charge in [0, 0.05) is 0 Å². The molecule has 1 fully saturated rings. The summed E-state index contributed by atoms with van der Waals surface area (Å²) in [7, 11) is 0. The third-order valence-electron chi connectivity index (χ3n) is 3.79. The summed E-state index contributed by atoms with van der Waals surface area (Å²) >= 11 is 0. The predicted molar refractivity (Wildman–Crippen MR) is 73.8 cm³/mol. The van der Waals surface area contributed by atoms with E-state index in [1.54, 1.807) is 0 Å². The molecule has 100 valence electrons. The van der Waals surface area contributed by atoms with E-state index in [-0.39, 0.29) is 6.10 Å². The number of aliphatic hydroxyl groups excluding tert-OH is 1. The van der Waals surface area contributed by atoms with Crippen molar-refractivity contribution < 1.29 is 9.84 Å². The average Bonchev–Trinajstić information content (AvgIpc) is 2.46. The number of aliphatic hydroxyl groups is 1. The summed E-state index contributed by atoms with van der Waals surface area (Å²) < 4.78 is 5.55. The van der Waals surface area contributed by atoms with Gasteiger partial charge in [0.2, 0.25) is 0 Å². The smallest absolute Gasteiger partial charge is 0.119 e. The minimum atomic E-state index is -0.300. The van der Waals surface area contributed by atoms with Crippen LogP contribution in [0.15, 0.2) is 24.3 Å². The lowest BCUT2D eigenvalue weighted by atomic mass is 9.83. The van der Waals surface area contributed by atoms with E-state index in [0.29, 0.717) is 5.92 Å². The second kappa shape index (κ2) is 6.79. The Morgan fingerprint density at radius 3 is 2.44 bits per heavy atom. The Morgan fingerprint density at radius 1 is 1.17 bits per heavy atom. The SMILES string of the molecule is CCCOc1ccc(C(O)C2CCCCC2)cc1. The molecule has 0 spiro atoms. The lowest BCUT2D eigenvalue weighted by molar-refractivity contribution is 0.0848. The first-order valence-electron chi connectivity index (χ1n) is 7.22. The first kappa shape index (κ1) is 13.4. The van der Waals surface area contributed by atoms with Crippen LogP contribution in [0.5, 0.6) is 5.75 Å². The Morgan fingerprint density at radius 2 is 1.83 bits per heavy atom. The number of hydrogen-bond acceptors (Lipinski definition) is 2. The summed E-state index contributed by atoms with van der Waals surface area (Å²) in [6, 6.07) is 7.95. The molecule has 0 aromatic heterocycles. The molecule has 1 unspecified atom stereocenters. The molecule has 0 bridgehead atoms. The Hall–Kier alpha value is -1.02. The van der Waals surface area contributed by atoms with Crippen LogP contribution in [-0.4, -0.2) is 11.7 Å². The van der Waals surface area contributed by atoms with Crippen molar-refractivity contribution in [2.45, 2.75) is 51.6 Å². The zero-order valence-electron chi connectivity index (χ0n) is 11.3. The second-order valence-corrected chi connectivity index (χ2v) is 5.26. The van der Waals surface area contributed by atoms with Crippen LogP contribution >= 0.6 is 0 Å². The maximum atomic E-state index is 10.4. The summed E-state index contributed by atoms with van der Waals surface area (Å²) in [4.78, 5) is 0. The zero-order chi connectivity index (χ0) is 12.8. The van der Waals surface area contributed by atoms with E-state index >= 15 is 0 Å². The van der Waals surface area contributed by atoms with Gasteiger partial charge in [-0.1, -0.05) is 38.3 Å². The molecule has 1 saturated carbocycles. The van der Waals surface area contributed by atoms with E-state index in [1.165, 1.54) is 19.3 Å². The van der Waals surface area contributed by atoms with Gasteiger partial charge in [-0.25, -0.2) is 0 Å². The van der Waals surface area contributed by atoms with Gasteiger partial charge in [0.05, 0.1) is 12.7 Å². The predicted octanol–water partition coefficient (Wildman–Crippen LogP) is 4.09. The average molecular weight is 248 g/mol. The highest BCUT2D eigenvalue weighted by molar-refractivity contribution is 5.28. The molecule has 2 heteroatoms. The summed E-state index contributed by atoms with van der Waals surface area (Å²) in [5.41, 5.74) is 1.03. The highest BCUT2D eigenvalue weighted by Crippen LogP contribution is 2.34. The lowest BCUT2D eigenvalue weighted by Crippen LogP contribution is -2.15. The molecule has 18 heavy (non-hydrogen) atoms. The molecule has 0 aliphatic heterocycles. The molecule has 0 radical (unpaired) electrons. The maximum absolute atomic E-state index is 10.4. The van der Waals surface area contributed by atoms with Crippen LogP contribution in [0.3, 0.4) is 0 Å². The van der Waals surface area contributed by atoms with Gasteiger partial charge in [-0.15, -0.1) is 0 Å². The Labute approximate surface area is 110 Å². The fourth-order valence-electron chi connectivity index (χ4n) is 2.70. The number of ether oxygens (including phenoxy) is 1. The minimum absolute atomic E-state index is 0.300. The Balaban J connectivity index is 1.95. The molecule has 2 rings (SSSR count). The largest absolute Gasteiger partial charge is 0.494 e. The van der Waals surface area contributed by atoms with Gasteiger partial charge < -0.3 is 9.84 Å². The van der Waals surface area contributed by atoms with Crippen molar-refractivity contribution in [2.24, 2.45) is 5.92 Å². The van der Waals surface area contributed by atoms with Crippen molar-refractivity contribution in [1.29, 1.82) is 0 Å². The fraction of sp³-hybridized carbons (Fsp3) is 0.625. The van der Waals surface area contributed by atoms with Crippen LogP contribution in [0, 0.1) is 5.92 Å². The monoisotopic (exact) mass is 248 g/mol. The van der Waals surface area contributed by atoms with E-state index in [0.717, 1.165) is 37.2 Å². The van der Waals surface area contributed by atoms with Crippen LogP contribution in [0.4, 0.5) is 0 Å². The van der Waals surface area contributed by atoms with E-state index in [4.69, 9.17) is 4.74 Å². The fourth-order valence-corrected chi connectivity index (χ4v) is 2.70. The molecule has 0 saturated heterocycles. The standard InChI is InChI=1S/C16H24O2/c1-2-12-18-15-10-8-14(9-11-15)16(17)13-6-4-3-5-7-13/h8-11,13,16-17H,2-7,12H2,1H3. The maximum Gasteiger partial charge on any atom is 0.119 e. The highest BCUT2D eigenvalue weighted by Gasteiger charge is 2.22. The van der Waals surface area contributed by atoms with Gasteiger partial charge in [0.15, 0.2) is 0 Å². The van der Waals surface area contributed by atoms with Crippen molar-refractivity contribution in [3.8, 4) is 5.75 Å². The molecule has 1 N–H and O–H groups in total. The summed E-state index contributed by atoms with van der Waals surface area (Å²) in [5, 5.41) is 10.4. The van der Waals surface area contributed by atoms with E-state index in [9.17, 15) is 5.11 Å². The number of benzene rings is 1. The van der Waals surface area contributed by atoms with E-state index in [2.05, 4.69) is 6.92 Å². The molecule has 1 aliphatic carbocycles. The highest BCUT2D eigenvalue weighted by atomic mass is 16.5. The van der Waals surface area contributed by atoms with Crippen LogP contribution in [0.2, 0.25) is 0 Å². The Bertz CT molecular complexity index is 339. The summed E-state index contributed by atoms with van der Waals surface area (Å²) in [6.07, 6.45) is 6.90. The van der Waals surface area contributed by atoms with Crippen molar-refractivity contribution in [2.75, 3.05) is 6.61 Å². The molecule has 1 aromatic carbocycles. The quantitative estimate of drug-likeness (QED) is 0.850. The molecule has 1 aliphatic rings. The van der Waals surface area contributed by atoms with Crippen molar-refractivity contribution >= 4 is 0 Å². The molecule has 1 atom stereocenters. The zero-order valence-corrected chi connectivity index (χ0v) is 11.3. The molecule has 2 nitrogen and oxygen atoms in total. The Kier molecular flexibility index (Phi) is 5.06. The van der Waals surface area contributed by atoms with E-state index in [1.807, 2.05) is 24.3 Å². The van der Waals surface area contributed by atoms with Gasteiger partial charge in [-0.05, 0) is 42.9 Å².